The van der Waals surface area contributed by atoms with Crippen molar-refractivity contribution >= 4 is 29.3 Å². The highest BCUT2D eigenvalue weighted by molar-refractivity contribution is 7.80. The van der Waals surface area contributed by atoms with Crippen LogP contribution < -0.4 is 5.73 Å². The molecule has 2 N–H and O–H groups in total. The summed E-state index contributed by atoms with van der Waals surface area (Å²) in [4.78, 5) is 26.6. The second-order valence-corrected chi connectivity index (χ2v) is 7.61. The van der Waals surface area contributed by atoms with Crippen molar-refractivity contribution in [1.29, 1.82) is 0 Å². The molecule has 0 aromatic carbocycles. The Kier molecular flexibility index (Phi) is 4.39. The van der Waals surface area contributed by atoms with Gasteiger partial charge in [-0.2, -0.15) is 0 Å². The number of carbonyl (C=O) groups excluding carboxylic acids is 2. The van der Waals surface area contributed by atoms with E-state index in [-0.39, 0.29) is 24.0 Å². The fraction of sp³-hybridized carbons (Fsp3) is 0.800. The smallest absolute Gasteiger partial charge is 0.411 e. The molecule has 6 nitrogen and oxygen atoms in total. The standard InChI is InChI=1S/C15H24N2O4S/c1-5-20-12(18)9-6-15(8-11(16)22)7-10(15)17(9)13(19)21-14(2,3)4/h9-10H,5-8H2,1-4H3,(H2,16,22)/t9-,10?,15-/m0/s1. The Hall–Kier alpha value is -1.37. The van der Waals surface area contributed by atoms with E-state index in [2.05, 4.69) is 0 Å². The summed E-state index contributed by atoms with van der Waals surface area (Å²) in [7, 11) is 0. The van der Waals surface area contributed by atoms with Gasteiger partial charge in [0.05, 0.1) is 11.6 Å². The number of amides is 1. The third-order valence-electron chi connectivity index (χ3n) is 4.11. The molecule has 2 rings (SSSR count). The molecule has 3 atom stereocenters. The van der Waals surface area contributed by atoms with Crippen LogP contribution in [0.15, 0.2) is 0 Å². The quantitative estimate of drug-likeness (QED) is 0.628. The van der Waals surface area contributed by atoms with Crippen LogP contribution in [0.1, 0.15) is 47.0 Å². The number of piperidine rings is 1. The van der Waals surface area contributed by atoms with Crippen LogP contribution >= 0.6 is 12.2 Å². The van der Waals surface area contributed by atoms with Crippen molar-refractivity contribution in [3.63, 3.8) is 0 Å². The highest BCUT2D eigenvalue weighted by atomic mass is 32.1. The minimum Gasteiger partial charge on any atom is -0.464 e. The predicted molar refractivity (Wildman–Crippen MR) is 85.4 cm³/mol. The van der Waals surface area contributed by atoms with Crippen LogP contribution in [-0.4, -0.2) is 46.2 Å². The molecule has 1 amide bonds. The minimum atomic E-state index is -0.612. The molecule has 0 spiro atoms. The first kappa shape index (κ1) is 17.0. The van der Waals surface area contributed by atoms with E-state index in [0.29, 0.717) is 17.8 Å². The van der Waals surface area contributed by atoms with Crippen LogP contribution in [0.5, 0.6) is 0 Å². The predicted octanol–water partition coefficient (Wildman–Crippen LogP) is 1.99. The molecular formula is C15H24N2O4S. The van der Waals surface area contributed by atoms with Crippen molar-refractivity contribution in [2.45, 2.75) is 64.6 Å². The first-order valence-electron chi connectivity index (χ1n) is 7.56. The molecule has 22 heavy (non-hydrogen) atoms. The van der Waals surface area contributed by atoms with Gasteiger partial charge in [-0.3, -0.25) is 4.90 Å². The van der Waals surface area contributed by atoms with Gasteiger partial charge in [0.2, 0.25) is 0 Å². The number of hydrogen-bond acceptors (Lipinski definition) is 5. The molecule has 1 aliphatic heterocycles. The van der Waals surface area contributed by atoms with Crippen molar-refractivity contribution in [3.8, 4) is 0 Å². The number of nitrogens with zero attached hydrogens (tertiary/aromatic N) is 1. The zero-order chi connectivity index (χ0) is 16.7. The number of esters is 1. The SMILES string of the molecule is CCOC(=O)[C@@H]1C[C@@]2(CC(N)=S)CC2N1C(=O)OC(C)(C)C. The van der Waals surface area contributed by atoms with Gasteiger partial charge in [-0.05, 0) is 40.5 Å². The fourth-order valence-corrected chi connectivity index (χ4v) is 3.54. The van der Waals surface area contributed by atoms with Crippen LogP contribution in [0.3, 0.4) is 0 Å². The summed E-state index contributed by atoms with van der Waals surface area (Å²) in [6.07, 6.45) is 1.41. The molecule has 1 unspecified atom stereocenters. The number of hydrogen-bond donors (Lipinski definition) is 1. The normalized spacial score (nSPS) is 29.7. The Labute approximate surface area is 136 Å². The second-order valence-electron chi connectivity index (χ2n) is 7.08. The molecule has 124 valence electrons. The van der Waals surface area contributed by atoms with Gasteiger partial charge in [0.1, 0.15) is 11.6 Å². The summed E-state index contributed by atoms with van der Waals surface area (Å²) in [5.41, 5.74) is 4.88. The average Bonchev–Trinajstić information content (AvgIpc) is 2.90. The van der Waals surface area contributed by atoms with E-state index in [4.69, 9.17) is 27.4 Å². The molecular weight excluding hydrogens is 304 g/mol. The Morgan fingerprint density at radius 3 is 2.50 bits per heavy atom. The third-order valence-corrected chi connectivity index (χ3v) is 4.25. The summed E-state index contributed by atoms with van der Waals surface area (Å²) >= 11 is 5.01. The fourth-order valence-electron chi connectivity index (χ4n) is 3.25. The van der Waals surface area contributed by atoms with Gasteiger partial charge >= 0.3 is 12.1 Å². The Morgan fingerprint density at radius 2 is 2.00 bits per heavy atom. The van der Waals surface area contributed by atoms with Crippen LogP contribution in [0.2, 0.25) is 0 Å². The van der Waals surface area contributed by atoms with Gasteiger partial charge in [-0.1, -0.05) is 12.2 Å². The number of carbonyl (C=O) groups is 2. The number of thiocarbonyl (C=S) groups is 1. The van der Waals surface area contributed by atoms with Crippen LogP contribution in [0.25, 0.3) is 0 Å². The maximum absolute atomic E-state index is 12.5. The maximum Gasteiger partial charge on any atom is 0.411 e. The maximum atomic E-state index is 12.5. The van der Waals surface area contributed by atoms with Crippen LogP contribution in [0, 0.1) is 5.41 Å². The minimum absolute atomic E-state index is 0.0433. The molecule has 0 radical (unpaired) electrons. The lowest BCUT2D eigenvalue weighted by atomic mass is 9.96. The van der Waals surface area contributed by atoms with Crippen LogP contribution in [-0.2, 0) is 14.3 Å². The second kappa shape index (κ2) is 5.68. The van der Waals surface area contributed by atoms with Crippen molar-refractivity contribution in [2.75, 3.05) is 6.61 Å². The number of fused-ring (bicyclic) bond motifs is 1. The molecule has 1 saturated carbocycles. The molecule has 2 aliphatic rings. The topological polar surface area (TPSA) is 81.9 Å². The molecule has 0 bridgehead atoms. The van der Waals surface area contributed by atoms with Gasteiger partial charge in [0.25, 0.3) is 0 Å². The zero-order valence-electron chi connectivity index (χ0n) is 13.5. The summed E-state index contributed by atoms with van der Waals surface area (Å²) in [6, 6.07) is -0.652. The first-order chi connectivity index (χ1) is 10.1. The van der Waals surface area contributed by atoms with Crippen LogP contribution in [0.4, 0.5) is 4.79 Å². The molecule has 7 heteroatoms. The lowest BCUT2D eigenvalue weighted by molar-refractivity contribution is -0.149. The summed E-state index contributed by atoms with van der Waals surface area (Å²) in [6.45, 7) is 7.43. The molecule has 2 fully saturated rings. The van der Waals surface area contributed by atoms with Crippen molar-refractivity contribution in [2.24, 2.45) is 11.1 Å². The molecule has 1 heterocycles. The van der Waals surface area contributed by atoms with Gasteiger partial charge in [0, 0.05) is 17.9 Å². The van der Waals surface area contributed by atoms with E-state index in [9.17, 15) is 9.59 Å². The third kappa shape index (κ3) is 3.34. The van der Waals surface area contributed by atoms with Gasteiger partial charge in [0.15, 0.2) is 0 Å². The van der Waals surface area contributed by atoms with Gasteiger partial charge in [-0.15, -0.1) is 0 Å². The lowest BCUT2D eigenvalue weighted by Crippen LogP contribution is -2.46. The largest absolute Gasteiger partial charge is 0.464 e. The summed E-state index contributed by atoms with van der Waals surface area (Å²) in [5, 5.41) is 0. The van der Waals surface area contributed by atoms with E-state index < -0.39 is 17.7 Å². The van der Waals surface area contributed by atoms with E-state index in [0.717, 1.165) is 6.42 Å². The highest BCUT2D eigenvalue weighted by Crippen LogP contribution is 2.62. The van der Waals surface area contributed by atoms with E-state index in [1.165, 1.54) is 4.90 Å². The van der Waals surface area contributed by atoms with E-state index >= 15 is 0 Å². The van der Waals surface area contributed by atoms with Gasteiger partial charge < -0.3 is 15.2 Å². The number of rotatable bonds is 4. The number of likely N-dealkylation sites (tertiary alicyclic amines) is 1. The summed E-state index contributed by atoms with van der Waals surface area (Å²) < 4.78 is 10.5. The monoisotopic (exact) mass is 328 g/mol. The Morgan fingerprint density at radius 1 is 1.36 bits per heavy atom. The Bertz CT molecular complexity index is 502. The van der Waals surface area contributed by atoms with Crippen molar-refractivity contribution in [3.05, 3.63) is 0 Å². The number of nitrogens with two attached hydrogens (primary N) is 1. The zero-order valence-corrected chi connectivity index (χ0v) is 14.4. The molecule has 1 aliphatic carbocycles. The Balaban J connectivity index is 2.18. The molecule has 0 aromatic heterocycles. The van der Waals surface area contributed by atoms with Gasteiger partial charge in [-0.25, -0.2) is 9.59 Å². The average molecular weight is 328 g/mol. The van der Waals surface area contributed by atoms with E-state index in [1.54, 1.807) is 27.7 Å². The first-order valence-corrected chi connectivity index (χ1v) is 7.97. The van der Waals surface area contributed by atoms with Crippen molar-refractivity contribution < 1.29 is 19.1 Å². The number of ether oxygens (including phenoxy) is 2. The van der Waals surface area contributed by atoms with Crippen molar-refractivity contribution in [1.82, 2.24) is 4.90 Å². The summed E-state index contributed by atoms with van der Waals surface area (Å²) in [5.74, 6) is -0.386. The lowest BCUT2D eigenvalue weighted by Gasteiger charge is -2.29. The van der Waals surface area contributed by atoms with E-state index in [1.807, 2.05) is 0 Å². The highest BCUT2D eigenvalue weighted by Gasteiger charge is 2.68. The molecule has 0 aromatic rings. The molecule has 1 saturated heterocycles.